The molecule has 1 heterocycles. The maximum absolute atomic E-state index is 4.63. The summed E-state index contributed by atoms with van der Waals surface area (Å²) in [6, 6.07) is 10.4. The second kappa shape index (κ2) is 7.05. The van der Waals surface area contributed by atoms with E-state index in [1.807, 2.05) is 12.3 Å². The van der Waals surface area contributed by atoms with Crippen LogP contribution in [0.25, 0.3) is 0 Å². The predicted octanol–water partition coefficient (Wildman–Crippen LogP) is 3.97. The molecule has 0 saturated heterocycles. The second-order valence-electron chi connectivity index (χ2n) is 6.12. The van der Waals surface area contributed by atoms with Gasteiger partial charge in [0.2, 0.25) is 0 Å². The highest BCUT2D eigenvalue weighted by atomic mass is 32.2. The van der Waals surface area contributed by atoms with E-state index in [9.17, 15) is 0 Å². The summed E-state index contributed by atoms with van der Waals surface area (Å²) in [5.74, 6) is 1.69. The lowest BCUT2D eigenvalue weighted by atomic mass is 10.1. The molecule has 0 fully saturated rings. The van der Waals surface area contributed by atoms with Gasteiger partial charge in [0.05, 0.1) is 11.4 Å². The van der Waals surface area contributed by atoms with E-state index in [1.165, 1.54) is 10.5 Å². The van der Waals surface area contributed by atoms with Crippen LogP contribution in [0.1, 0.15) is 37.9 Å². The minimum atomic E-state index is 0.0982. The highest BCUT2D eigenvalue weighted by Crippen LogP contribution is 2.24. The Morgan fingerprint density at radius 3 is 2.62 bits per heavy atom. The van der Waals surface area contributed by atoms with Gasteiger partial charge in [-0.1, -0.05) is 18.2 Å². The molecule has 0 aliphatic heterocycles. The van der Waals surface area contributed by atoms with Crippen molar-refractivity contribution in [3.8, 4) is 0 Å². The molecule has 0 aliphatic carbocycles. The van der Waals surface area contributed by atoms with Gasteiger partial charge in [-0.3, -0.25) is 0 Å². The quantitative estimate of drug-likeness (QED) is 0.848. The molecular weight excluding hydrogens is 278 g/mol. The second-order valence-corrected chi connectivity index (χ2v) is 7.14. The van der Waals surface area contributed by atoms with Crippen LogP contribution in [0.2, 0.25) is 0 Å². The smallest absolute Gasteiger partial charge is 0.138 e. The standard InChI is InChI=1S/C17H23N3S/c1-13-7-5-6-8-15(13)21-12-16-18-10-9-14(20-16)11-19-17(2,3)4/h5-10,19H,11-12H2,1-4H3. The third-order valence-electron chi connectivity index (χ3n) is 3.01. The summed E-state index contributed by atoms with van der Waals surface area (Å²) >= 11 is 1.79. The van der Waals surface area contributed by atoms with Gasteiger partial charge in [-0.15, -0.1) is 11.8 Å². The van der Waals surface area contributed by atoms with Crippen LogP contribution in [0.15, 0.2) is 41.4 Å². The summed E-state index contributed by atoms with van der Waals surface area (Å²) in [5.41, 5.74) is 2.44. The van der Waals surface area contributed by atoms with Gasteiger partial charge in [0.1, 0.15) is 5.82 Å². The largest absolute Gasteiger partial charge is 0.306 e. The maximum Gasteiger partial charge on any atom is 0.138 e. The first-order valence-electron chi connectivity index (χ1n) is 7.18. The Morgan fingerprint density at radius 2 is 1.90 bits per heavy atom. The summed E-state index contributed by atoms with van der Waals surface area (Å²) < 4.78 is 0. The average molecular weight is 301 g/mol. The van der Waals surface area contributed by atoms with Crippen LogP contribution in [0.5, 0.6) is 0 Å². The lowest BCUT2D eigenvalue weighted by Gasteiger charge is -2.20. The Bertz CT molecular complexity index is 591. The van der Waals surface area contributed by atoms with Crippen molar-refractivity contribution in [2.24, 2.45) is 0 Å². The molecule has 1 aromatic carbocycles. The van der Waals surface area contributed by atoms with E-state index in [0.29, 0.717) is 0 Å². The predicted molar refractivity (Wildman–Crippen MR) is 89.4 cm³/mol. The van der Waals surface area contributed by atoms with Crippen LogP contribution in [0, 0.1) is 6.92 Å². The zero-order chi connectivity index (χ0) is 15.3. The Labute approximate surface area is 131 Å². The van der Waals surface area contributed by atoms with Crippen molar-refractivity contribution in [1.82, 2.24) is 15.3 Å². The van der Waals surface area contributed by atoms with E-state index in [1.54, 1.807) is 11.8 Å². The normalized spacial score (nSPS) is 11.6. The number of rotatable bonds is 5. The van der Waals surface area contributed by atoms with Gasteiger partial charge in [-0.05, 0) is 45.4 Å². The molecule has 0 aliphatic rings. The number of hydrogen-bond acceptors (Lipinski definition) is 4. The zero-order valence-corrected chi connectivity index (χ0v) is 14.0. The van der Waals surface area contributed by atoms with Gasteiger partial charge in [-0.25, -0.2) is 9.97 Å². The van der Waals surface area contributed by atoms with E-state index in [-0.39, 0.29) is 5.54 Å². The number of nitrogens with zero attached hydrogens (tertiary/aromatic N) is 2. The Balaban J connectivity index is 1.96. The van der Waals surface area contributed by atoms with Crippen molar-refractivity contribution >= 4 is 11.8 Å². The molecule has 112 valence electrons. The summed E-state index contributed by atoms with van der Waals surface area (Å²) in [5, 5.41) is 3.45. The van der Waals surface area contributed by atoms with Gasteiger partial charge in [0.25, 0.3) is 0 Å². The fourth-order valence-electron chi connectivity index (χ4n) is 1.83. The van der Waals surface area contributed by atoms with Crippen molar-refractivity contribution in [2.45, 2.75) is 50.4 Å². The summed E-state index contributed by atoms with van der Waals surface area (Å²) in [4.78, 5) is 10.3. The molecule has 2 aromatic rings. The van der Waals surface area contributed by atoms with Gasteiger partial charge in [-0.2, -0.15) is 0 Å². The lowest BCUT2D eigenvalue weighted by Crippen LogP contribution is -2.35. The molecule has 0 unspecified atom stereocenters. The molecule has 0 radical (unpaired) electrons. The number of nitrogens with one attached hydrogen (secondary N) is 1. The van der Waals surface area contributed by atoms with Crippen molar-refractivity contribution < 1.29 is 0 Å². The SMILES string of the molecule is Cc1ccccc1SCc1nccc(CNC(C)(C)C)n1. The molecule has 21 heavy (non-hydrogen) atoms. The van der Waals surface area contributed by atoms with Gasteiger partial charge < -0.3 is 5.32 Å². The average Bonchev–Trinajstić information content (AvgIpc) is 2.44. The first-order chi connectivity index (χ1) is 9.94. The molecule has 2 rings (SSSR count). The topological polar surface area (TPSA) is 37.8 Å². The fourth-order valence-corrected chi connectivity index (χ4v) is 2.72. The van der Waals surface area contributed by atoms with Gasteiger partial charge in [0.15, 0.2) is 0 Å². The molecule has 1 aromatic heterocycles. The monoisotopic (exact) mass is 301 g/mol. The van der Waals surface area contributed by atoms with Crippen LogP contribution >= 0.6 is 11.8 Å². The van der Waals surface area contributed by atoms with Crippen molar-refractivity contribution in [2.75, 3.05) is 0 Å². The number of aromatic nitrogens is 2. The van der Waals surface area contributed by atoms with Crippen molar-refractivity contribution in [1.29, 1.82) is 0 Å². The Kier molecular flexibility index (Phi) is 5.37. The van der Waals surface area contributed by atoms with Crippen molar-refractivity contribution in [3.63, 3.8) is 0 Å². The zero-order valence-electron chi connectivity index (χ0n) is 13.2. The third kappa shape index (κ3) is 5.48. The summed E-state index contributed by atoms with van der Waals surface area (Å²) in [7, 11) is 0. The number of benzene rings is 1. The highest BCUT2D eigenvalue weighted by Gasteiger charge is 2.09. The minimum Gasteiger partial charge on any atom is -0.306 e. The summed E-state index contributed by atoms with van der Waals surface area (Å²) in [6.07, 6.45) is 1.85. The number of hydrogen-bond donors (Lipinski definition) is 1. The molecule has 0 atom stereocenters. The number of thioether (sulfide) groups is 1. The van der Waals surface area contributed by atoms with E-state index in [0.717, 1.165) is 23.8 Å². The fraction of sp³-hybridized carbons (Fsp3) is 0.412. The first kappa shape index (κ1) is 16.0. The third-order valence-corrected chi connectivity index (χ3v) is 4.18. The van der Waals surface area contributed by atoms with Gasteiger partial charge in [0, 0.05) is 23.2 Å². The summed E-state index contributed by atoms with van der Waals surface area (Å²) in [6.45, 7) is 9.37. The molecule has 0 spiro atoms. The minimum absolute atomic E-state index is 0.0982. The maximum atomic E-state index is 4.63. The lowest BCUT2D eigenvalue weighted by molar-refractivity contribution is 0.421. The van der Waals surface area contributed by atoms with E-state index >= 15 is 0 Å². The molecule has 1 N–H and O–H groups in total. The molecular formula is C17H23N3S. The van der Waals surface area contributed by atoms with Crippen LogP contribution in [-0.4, -0.2) is 15.5 Å². The van der Waals surface area contributed by atoms with E-state index in [2.05, 4.69) is 67.2 Å². The molecule has 0 bridgehead atoms. The Hall–Kier alpha value is -1.39. The van der Waals surface area contributed by atoms with Crippen molar-refractivity contribution in [3.05, 3.63) is 53.6 Å². The van der Waals surface area contributed by atoms with Crippen LogP contribution in [0.4, 0.5) is 0 Å². The molecule has 3 nitrogen and oxygen atoms in total. The Morgan fingerprint density at radius 1 is 1.14 bits per heavy atom. The van der Waals surface area contributed by atoms with Crippen LogP contribution in [0.3, 0.4) is 0 Å². The molecule has 0 amide bonds. The van der Waals surface area contributed by atoms with Gasteiger partial charge >= 0.3 is 0 Å². The van der Waals surface area contributed by atoms with E-state index in [4.69, 9.17) is 0 Å². The molecule has 0 saturated carbocycles. The number of aryl methyl sites for hydroxylation is 1. The van der Waals surface area contributed by atoms with E-state index < -0.39 is 0 Å². The van der Waals surface area contributed by atoms with Crippen LogP contribution < -0.4 is 5.32 Å². The van der Waals surface area contributed by atoms with Crippen LogP contribution in [-0.2, 0) is 12.3 Å². The first-order valence-corrected chi connectivity index (χ1v) is 8.17. The highest BCUT2D eigenvalue weighted by molar-refractivity contribution is 7.98. The molecule has 4 heteroatoms.